The van der Waals surface area contributed by atoms with E-state index in [4.69, 9.17) is 0 Å². The SMILES string of the molecule is CCC1CCC(NC(=O)Cc2ccccc2O)C1C. The number of hydrogen-bond donors (Lipinski definition) is 2. The molecular weight excluding hydrogens is 238 g/mol. The number of phenolic OH excluding ortho intramolecular Hbond substituents is 1. The molecule has 3 nitrogen and oxygen atoms in total. The maximum Gasteiger partial charge on any atom is 0.224 e. The standard InChI is InChI=1S/C16H23NO2/c1-3-12-8-9-14(11(12)2)17-16(19)10-13-6-4-5-7-15(13)18/h4-7,11-12,14,18H,3,8-10H2,1-2H3,(H,17,19). The van der Waals surface area contributed by atoms with E-state index in [1.54, 1.807) is 18.2 Å². The summed E-state index contributed by atoms with van der Waals surface area (Å²) >= 11 is 0. The second-order valence-electron chi connectivity index (χ2n) is 5.58. The van der Waals surface area contributed by atoms with E-state index >= 15 is 0 Å². The predicted octanol–water partition coefficient (Wildman–Crippen LogP) is 2.88. The molecule has 1 saturated carbocycles. The van der Waals surface area contributed by atoms with Gasteiger partial charge in [-0.25, -0.2) is 0 Å². The van der Waals surface area contributed by atoms with Gasteiger partial charge < -0.3 is 10.4 Å². The minimum atomic E-state index is 0.00935. The first-order valence-electron chi connectivity index (χ1n) is 7.18. The first-order chi connectivity index (χ1) is 9.11. The average Bonchev–Trinajstić information content (AvgIpc) is 2.73. The number of carbonyl (C=O) groups excluding carboxylic acids is 1. The van der Waals surface area contributed by atoms with Gasteiger partial charge in [-0.15, -0.1) is 0 Å². The summed E-state index contributed by atoms with van der Waals surface area (Å²) in [4.78, 5) is 12.0. The second-order valence-corrected chi connectivity index (χ2v) is 5.58. The third-order valence-electron chi connectivity index (χ3n) is 4.44. The minimum absolute atomic E-state index is 0.00935. The summed E-state index contributed by atoms with van der Waals surface area (Å²) in [7, 11) is 0. The van der Waals surface area contributed by atoms with E-state index in [-0.39, 0.29) is 18.1 Å². The van der Waals surface area contributed by atoms with Crippen LogP contribution in [0.4, 0.5) is 0 Å². The van der Waals surface area contributed by atoms with E-state index in [0.29, 0.717) is 17.5 Å². The lowest BCUT2D eigenvalue weighted by atomic mass is 9.93. The van der Waals surface area contributed by atoms with Crippen molar-refractivity contribution < 1.29 is 9.90 Å². The van der Waals surface area contributed by atoms with Crippen molar-refractivity contribution in [3.63, 3.8) is 0 Å². The zero-order chi connectivity index (χ0) is 13.8. The molecule has 0 saturated heterocycles. The summed E-state index contributed by atoms with van der Waals surface area (Å²) in [6, 6.07) is 7.31. The Morgan fingerprint density at radius 2 is 2.11 bits per heavy atom. The van der Waals surface area contributed by atoms with Crippen LogP contribution in [0.15, 0.2) is 24.3 Å². The molecule has 19 heavy (non-hydrogen) atoms. The van der Waals surface area contributed by atoms with Gasteiger partial charge in [-0.3, -0.25) is 4.79 Å². The summed E-state index contributed by atoms with van der Waals surface area (Å²) in [6.07, 6.45) is 3.73. The Balaban J connectivity index is 1.90. The van der Waals surface area contributed by atoms with Crippen LogP contribution < -0.4 is 5.32 Å². The topological polar surface area (TPSA) is 49.3 Å². The molecule has 2 N–H and O–H groups in total. The van der Waals surface area contributed by atoms with E-state index in [2.05, 4.69) is 19.2 Å². The largest absolute Gasteiger partial charge is 0.508 e. The fraction of sp³-hybridized carbons (Fsp3) is 0.562. The maximum atomic E-state index is 12.0. The molecule has 0 heterocycles. The lowest BCUT2D eigenvalue weighted by Gasteiger charge is -2.21. The van der Waals surface area contributed by atoms with Gasteiger partial charge in [0.15, 0.2) is 0 Å². The number of hydrogen-bond acceptors (Lipinski definition) is 2. The van der Waals surface area contributed by atoms with Crippen LogP contribution in [0, 0.1) is 11.8 Å². The number of amides is 1. The molecule has 1 aliphatic rings. The van der Waals surface area contributed by atoms with Crippen molar-refractivity contribution in [2.45, 2.75) is 45.6 Å². The predicted molar refractivity (Wildman–Crippen MR) is 75.9 cm³/mol. The van der Waals surface area contributed by atoms with Crippen LogP contribution in [0.25, 0.3) is 0 Å². The quantitative estimate of drug-likeness (QED) is 0.875. The Kier molecular flexibility index (Phi) is 4.46. The van der Waals surface area contributed by atoms with Crippen LogP contribution in [0.1, 0.15) is 38.7 Å². The van der Waals surface area contributed by atoms with E-state index < -0.39 is 0 Å². The van der Waals surface area contributed by atoms with Crippen molar-refractivity contribution in [1.29, 1.82) is 0 Å². The number of para-hydroxylation sites is 1. The van der Waals surface area contributed by atoms with Gasteiger partial charge in [-0.05, 0) is 30.7 Å². The van der Waals surface area contributed by atoms with Crippen molar-refractivity contribution in [2.24, 2.45) is 11.8 Å². The highest BCUT2D eigenvalue weighted by molar-refractivity contribution is 5.79. The molecule has 2 rings (SSSR count). The van der Waals surface area contributed by atoms with E-state index in [1.807, 2.05) is 6.07 Å². The van der Waals surface area contributed by atoms with E-state index in [1.165, 1.54) is 12.8 Å². The van der Waals surface area contributed by atoms with Gasteiger partial charge >= 0.3 is 0 Å². The monoisotopic (exact) mass is 261 g/mol. The van der Waals surface area contributed by atoms with Crippen molar-refractivity contribution in [3.8, 4) is 5.75 Å². The number of rotatable bonds is 4. The third-order valence-corrected chi connectivity index (χ3v) is 4.44. The molecule has 3 unspecified atom stereocenters. The van der Waals surface area contributed by atoms with Crippen molar-refractivity contribution in [1.82, 2.24) is 5.32 Å². The van der Waals surface area contributed by atoms with Gasteiger partial charge in [-0.1, -0.05) is 38.5 Å². The van der Waals surface area contributed by atoms with Crippen molar-refractivity contribution >= 4 is 5.91 Å². The first kappa shape index (κ1) is 13.9. The highest BCUT2D eigenvalue weighted by Gasteiger charge is 2.32. The zero-order valence-electron chi connectivity index (χ0n) is 11.7. The number of nitrogens with one attached hydrogen (secondary N) is 1. The third kappa shape index (κ3) is 3.28. The molecule has 1 amide bonds. The van der Waals surface area contributed by atoms with E-state index in [0.717, 1.165) is 12.3 Å². The van der Waals surface area contributed by atoms with Gasteiger partial charge in [0.25, 0.3) is 0 Å². The van der Waals surface area contributed by atoms with Gasteiger partial charge in [0.1, 0.15) is 5.75 Å². The molecular formula is C16H23NO2. The summed E-state index contributed by atoms with van der Waals surface area (Å²) < 4.78 is 0. The number of benzene rings is 1. The lowest BCUT2D eigenvalue weighted by molar-refractivity contribution is -0.121. The van der Waals surface area contributed by atoms with Crippen LogP contribution in [0.5, 0.6) is 5.75 Å². The molecule has 1 aliphatic carbocycles. The molecule has 1 aromatic rings. The van der Waals surface area contributed by atoms with Crippen molar-refractivity contribution in [2.75, 3.05) is 0 Å². The molecule has 0 spiro atoms. The summed E-state index contributed by atoms with van der Waals surface area (Å²) in [5.41, 5.74) is 0.692. The Labute approximate surface area is 115 Å². The smallest absolute Gasteiger partial charge is 0.224 e. The first-order valence-corrected chi connectivity index (χ1v) is 7.18. The molecule has 3 heteroatoms. The fourth-order valence-corrected chi connectivity index (χ4v) is 3.12. The molecule has 0 aliphatic heterocycles. The average molecular weight is 261 g/mol. The highest BCUT2D eigenvalue weighted by Crippen LogP contribution is 2.33. The highest BCUT2D eigenvalue weighted by atomic mass is 16.3. The molecule has 1 aromatic carbocycles. The summed E-state index contributed by atoms with van der Waals surface area (Å²) in [6.45, 7) is 4.44. The minimum Gasteiger partial charge on any atom is -0.508 e. The molecule has 104 valence electrons. The Bertz CT molecular complexity index is 444. The van der Waals surface area contributed by atoms with Crippen LogP contribution >= 0.6 is 0 Å². The Morgan fingerprint density at radius 3 is 2.74 bits per heavy atom. The lowest BCUT2D eigenvalue weighted by Crippen LogP contribution is -2.38. The molecule has 0 bridgehead atoms. The zero-order valence-corrected chi connectivity index (χ0v) is 11.7. The summed E-state index contributed by atoms with van der Waals surface area (Å²) in [5, 5.41) is 12.8. The number of aromatic hydroxyl groups is 1. The van der Waals surface area contributed by atoms with Gasteiger partial charge in [0.05, 0.1) is 6.42 Å². The fourth-order valence-electron chi connectivity index (χ4n) is 3.12. The summed E-state index contributed by atoms with van der Waals surface area (Å²) in [5.74, 6) is 1.49. The van der Waals surface area contributed by atoms with Crippen LogP contribution in [0.2, 0.25) is 0 Å². The Hall–Kier alpha value is -1.51. The maximum absolute atomic E-state index is 12.0. The van der Waals surface area contributed by atoms with Crippen molar-refractivity contribution in [3.05, 3.63) is 29.8 Å². The molecule has 1 fully saturated rings. The van der Waals surface area contributed by atoms with Crippen LogP contribution in [0.3, 0.4) is 0 Å². The number of carbonyl (C=O) groups is 1. The number of phenols is 1. The molecule has 3 atom stereocenters. The van der Waals surface area contributed by atoms with Crippen LogP contribution in [-0.4, -0.2) is 17.1 Å². The molecule has 0 aromatic heterocycles. The van der Waals surface area contributed by atoms with E-state index in [9.17, 15) is 9.90 Å². The normalized spacial score (nSPS) is 26.3. The molecule has 0 radical (unpaired) electrons. The second kappa shape index (κ2) is 6.09. The van der Waals surface area contributed by atoms with Gasteiger partial charge in [-0.2, -0.15) is 0 Å². The van der Waals surface area contributed by atoms with Gasteiger partial charge in [0, 0.05) is 11.6 Å². The van der Waals surface area contributed by atoms with Crippen LogP contribution in [-0.2, 0) is 11.2 Å². The van der Waals surface area contributed by atoms with Gasteiger partial charge in [0.2, 0.25) is 5.91 Å². The Morgan fingerprint density at radius 1 is 1.37 bits per heavy atom.